The van der Waals surface area contributed by atoms with E-state index < -0.39 is 17.7 Å². The summed E-state index contributed by atoms with van der Waals surface area (Å²) in [6, 6.07) is 0. The number of rotatable bonds is 45. The van der Waals surface area contributed by atoms with Crippen LogP contribution >= 0.6 is 0 Å². The fourth-order valence-electron chi connectivity index (χ4n) is 8.85. The maximum atomic E-state index is 11.6. The Balaban J connectivity index is 1.64. The standard InChI is InChI=1S/C53H100O3/c1-4-5-6-7-8-9-10-11-12-13-14-15-16-17-18-19-20-21-22-23-24-25-26-27-28-29-30-31-32-33-34-35-36-37-38-39-40-41-42-43-44-45-46-47-48-49-53(3)51(54)50(2)52(55)56-53/h13-14,51,54H,2,4-12,15-49H2,1,3H3/b14-13+/t51-,53+/m0/s1. The predicted molar refractivity (Wildman–Crippen MR) is 248 cm³/mol. The number of hydrogen-bond donors (Lipinski definition) is 1. The summed E-state index contributed by atoms with van der Waals surface area (Å²) in [7, 11) is 0. The van der Waals surface area contributed by atoms with E-state index in [0.29, 0.717) is 0 Å². The third-order valence-electron chi connectivity index (χ3n) is 12.9. The summed E-state index contributed by atoms with van der Waals surface area (Å²) in [6.45, 7) is 7.78. The second kappa shape index (κ2) is 40.7. The quantitative estimate of drug-likeness (QED) is 0.0289. The van der Waals surface area contributed by atoms with Crippen LogP contribution in [0.25, 0.3) is 0 Å². The van der Waals surface area contributed by atoms with E-state index in [9.17, 15) is 9.90 Å². The van der Waals surface area contributed by atoms with Gasteiger partial charge in [-0.1, -0.05) is 270 Å². The minimum absolute atomic E-state index is 0.208. The van der Waals surface area contributed by atoms with Gasteiger partial charge in [-0.05, 0) is 45.4 Å². The normalized spacial score (nSPS) is 17.2. The number of ether oxygens (including phenoxy) is 1. The maximum absolute atomic E-state index is 11.6. The largest absolute Gasteiger partial charge is 0.453 e. The van der Waals surface area contributed by atoms with Gasteiger partial charge in [0.05, 0.1) is 5.57 Å². The van der Waals surface area contributed by atoms with Crippen molar-refractivity contribution in [2.75, 3.05) is 0 Å². The Morgan fingerprint density at radius 3 is 0.911 bits per heavy atom. The number of hydrogen-bond acceptors (Lipinski definition) is 3. The van der Waals surface area contributed by atoms with Crippen LogP contribution in [0.3, 0.4) is 0 Å². The van der Waals surface area contributed by atoms with Crippen molar-refractivity contribution < 1.29 is 14.6 Å². The summed E-state index contributed by atoms with van der Waals surface area (Å²) in [5.41, 5.74) is -0.559. The fourth-order valence-corrected chi connectivity index (χ4v) is 8.85. The monoisotopic (exact) mass is 785 g/mol. The van der Waals surface area contributed by atoms with E-state index in [1.54, 1.807) is 0 Å². The number of unbranched alkanes of at least 4 members (excludes halogenated alkanes) is 41. The molecule has 330 valence electrons. The van der Waals surface area contributed by atoms with Crippen LogP contribution in [0.1, 0.15) is 296 Å². The van der Waals surface area contributed by atoms with E-state index in [1.807, 2.05) is 6.92 Å². The smallest absolute Gasteiger partial charge is 0.336 e. The van der Waals surface area contributed by atoms with Gasteiger partial charge >= 0.3 is 5.97 Å². The molecule has 0 aromatic carbocycles. The molecule has 0 saturated carbocycles. The zero-order valence-corrected chi connectivity index (χ0v) is 38.3. The summed E-state index contributed by atoms with van der Waals surface area (Å²) in [4.78, 5) is 11.6. The highest BCUT2D eigenvalue weighted by Crippen LogP contribution is 2.34. The molecule has 0 aromatic rings. The molecule has 0 radical (unpaired) electrons. The predicted octanol–water partition coefficient (Wildman–Crippen LogP) is 18.0. The van der Waals surface area contributed by atoms with Crippen molar-refractivity contribution in [2.24, 2.45) is 0 Å². The van der Waals surface area contributed by atoms with E-state index in [1.165, 1.54) is 263 Å². The molecule has 1 saturated heterocycles. The third kappa shape index (κ3) is 32.8. The molecule has 0 bridgehead atoms. The van der Waals surface area contributed by atoms with Gasteiger partial charge in [0.25, 0.3) is 0 Å². The van der Waals surface area contributed by atoms with Gasteiger partial charge in [0.2, 0.25) is 0 Å². The second-order valence-electron chi connectivity index (χ2n) is 18.6. The van der Waals surface area contributed by atoms with E-state index in [2.05, 4.69) is 25.7 Å². The van der Waals surface area contributed by atoms with Crippen LogP contribution in [0.2, 0.25) is 0 Å². The lowest BCUT2D eigenvalue weighted by Gasteiger charge is -2.25. The Hall–Kier alpha value is -1.09. The Morgan fingerprint density at radius 1 is 0.446 bits per heavy atom. The van der Waals surface area contributed by atoms with Crippen LogP contribution in [-0.4, -0.2) is 22.8 Å². The highest BCUT2D eigenvalue weighted by atomic mass is 16.6. The van der Waals surface area contributed by atoms with E-state index in [0.717, 1.165) is 19.3 Å². The van der Waals surface area contributed by atoms with Gasteiger partial charge in [-0.2, -0.15) is 0 Å². The first-order valence-corrected chi connectivity index (χ1v) is 25.8. The fraction of sp³-hybridized carbons (Fsp3) is 0.906. The van der Waals surface area contributed by atoms with Crippen LogP contribution in [0.15, 0.2) is 24.3 Å². The first-order chi connectivity index (χ1) is 27.5. The molecule has 1 fully saturated rings. The number of aliphatic hydroxyl groups is 1. The van der Waals surface area contributed by atoms with Crippen LogP contribution in [-0.2, 0) is 9.53 Å². The van der Waals surface area contributed by atoms with E-state index in [-0.39, 0.29) is 5.57 Å². The van der Waals surface area contributed by atoms with Crippen molar-refractivity contribution in [2.45, 2.75) is 308 Å². The lowest BCUT2D eigenvalue weighted by Crippen LogP contribution is -2.36. The van der Waals surface area contributed by atoms with Crippen LogP contribution in [0.4, 0.5) is 0 Å². The maximum Gasteiger partial charge on any atom is 0.336 e. The Morgan fingerprint density at radius 2 is 0.679 bits per heavy atom. The molecule has 1 N–H and O–H groups in total. The van der Waals surface area contributed by atoms with Crippen LogP contribution < -0.4 is 0 Å². The Labute approximate surface area is 351 Å². The highest BCUT2D eigenvalue weighted by molar-refractivity contribution is 5.92. The molecule has 0 amide bonds. The van der Waals surface area contributed by atoms with Crippen molar-refractivity contribution in [3.8, 4) is 0 Å². The van der Waals surface area contributed by atoms with Gasteiger partial charge in [0, 0.05) is 0 Å². The summed E-state index contributed by atoms with van der Waals surface area (Å²) < 4.78 is 5.37. The van der Waals surface area contributed by atoms with Crippen molar-refractivity contribution >= 4 is 5.97 Å². The molecule has 1 aliphatic rings. The summed E-state index contributed by atoms with van der Waals surface area (Å²) in [6.07, 6.45) is 65.4. The molecule has 2 atom stereocenters. The van der Waals surface area contributed by atoms with Gasteiger partial charge in [-0.3, -0.25) is 0 Å². The summed E-state index contributed by atoms with van der Waals surface area (Å²) in [5, 5.41) is 10.2. The van der Waals surface area contributed by atoms with Crippen molar-refractivity contribution in [3.63, 3.8) is 0 Å². The molecule has 0 aromatic heterocycles. The van der Waals surface area contributed by atoms with Crippen LogP contribution in [0, 0.1) is 0 Å². The topological polar surface area (TPSA) is 46.5 Å². The molecule has 1 heterocycles. The SMILES string of the molecule is C=C1C(=O)O[C@](C)(CCCCCCCCCCCCCCCCCCCCCCCCCCCCCCCCCCC/C=C/CCCCCCCCCC)[C@H]1O. The molecule has 3 nitrogen and oxygen atoms in total. The minimum atomic E-state index is -0.850. The molecule has 3 heteroatoms. The first kappa shape index (κ1) is 52.9. The molecular weight excluding hydrogens is 685 g/mol. The lowest BCUT2D eigenvalue weighted by molar-refractivity contribution is -0.149. The molecule has 56 heavy (non-hydrogen) atoms. The van der Waals surface area contributed by atoms with Gasteiger partial charge in [-0.15, -0.1) is 0 Å². The van der Waals surface area contributed by atoms with Crippen molar-refractivity contribution in [1.82, 2.24) is 0 Å². The Kier molecular flexibility index (Phi) is 38.4. The Bertz CT molecular complexity index is 878. The zero-order valence-electron chi connectivity index (χ0n) is 38.3. The van der Waals surface area contributed by atoms with Crippen molar-refractivity contribution in [3.05, 3.63) is 24.3 Å². The number of aliphatic hydroxyl groups excluding tert-OH is 1. The van der Waals surface area contributed by atoms with Gasteiger partial charge in [0.15, 0.2) is 0 Å². The average Bonchev–Trinajstić information content (AvgIpc) is 3.39. The van der Waals surface area contributed by atoms with Gasteiger partial charge < -0.3 is 9.84 Å². The van der Waals surface area contributed by atoms with E-state index >= 15 is 0 Å². The highest BCUT2D eigenvalue weighted by Gasteiger charge is 2.47. The molecule has 0 spiro atoms. The number of cyclic esters (lactones) is 1. The molecule has 0 aliphatic carbocycles. The molecular formula is C53H100O3. The second-order valence-corrected chi connectivity index (χ2v) is 18.6. The van der Waals surface area contributed by atoms with E-state index in [4.69, 9.17) is 4.74 Å². The molecule has 0 unspecified atom stereocenters. The number of esters is 1. The van der Waals surface area contributed by atoms with Gasteiger partial charge in [-0.25, -0.2) is 4.79 Å². The third-order valence-corrected chi connectivity index (χ3v) is 12.9. The zero-order chi connectivity index (χ0) is 40.5. The number of carbonyl (C=O) groups excluding carboxylic acids is 1. The average molecular weight is 785 g/mol. The number of allylic oxidation sites excluding steroid dienone is 2. The summed E-state index contributed by atoms with van der Waals surface area (Å²) in [5.74, 6) is -0.438. The minimum Gasteiger partial charge on any atom is -0.453 e. The lowest BCUT2D eigenvalue weighted by atomic mass is 9.90. The van der Waals surface area contributed by atoms with Crippen molar-refractivity contribution in [1.29, 1.82) is 0 Å². The van der Waals surface area contributed by atoms with Crippen LogP contribution in [0.5, 0.6) is 0 Å². The van der Waals surface area contributed by atoms with Gasteiger partial charge in [0.1, 0.15) is 11.7 Å². The molecule has 1 rings (SSSR count). The summed E-state index contributed by atoms with van der Waals surface area (Å²) >= 11 is 0. The molecule has 1 aliphatic heterocycles. The number of carbonyl (C=O) groups is 1. The first-order valence-electron chi connectivity index (χ1n) is 25.8.